The Labute approximate surface area is 118 Å². The van der Waals surface area contributed by atoms with E-state index in [9.17, 15) is 9.59 Å². The number of ether oxygens (including phenoxy) is 1. The van der Waals surface area contributed by atoms with Crippen molar-refractivity contribution in [2.24, 2.45) is 0 Å². The molecule has 0 radical (unpaired) electrons. The fourth-order valence-corrected chi connectivity index (χ4v) is 1.69. The van der Waals surface area contributed by atoms with Crippen LogP contribution in [-0.2, 0) is 9.53 Å². The SMILES string of the molecule is CCOC(C)CNC(=O)N(CC(=O)O)c1ccccc1. The minimum atomic E-state index is -1.07. The molecule has 0 aliphatic rings. The molecule has 0 fully saturated rings. The van der Waals surface area contributed by atoms with Gasteiger partial charge in [-0.25, -0.2) is 4.79 Å². The number of nitrogens with zero attached hydrogens (tertiary/aromatic N) is 1. The van der Waals surface area contributed by atoms with E-state index in [0.717, 1.165) is 0 Å². The van der Waals surface area contributed by atoms with Crippen LogP contribution in [0.5, 0.6) is 0 Å². The van der Waals surface area contributed by atoms with E-state index in [2.05, 4.69) is 5.32 Å². The summed E-state index contributed by atoms with van der Waals surface area (Å²) in [7, 11) is 0. The van der Waals surface area contributed by atoms with Crippen LogP contribution in [0.3, 0.4) is 0 Å². The third-order valence-corrected chi connectivity index (χ3v) is 2.60. The third kappa shape index (κ3) is 5.27. The highest BCUT2D eigenvalue weighted by atomic mass is 16.5. The Morgan fingerprint density at radius 1 is 1.35 bits per heavy atom. The molecule has 110 valence electrons. The molecule has 20 heavy (non-hydrogen) atoms. The maximum Gasteiger partial charge on any atom is 0.323 e. The summed E-state index contributed by atoms with van der Waals surface area (Å²) in [6.45, 7) is 4.22. The molecule has 6 heteroatoms. The summed E-state index contributed by atoms with van der Waals surface area (Å²) in [5, 5.41) is 11.6. The van der Waals surface area contributed by atoms with Crippen molar-refractivity contribution in [2.75, 3.05) is 24.6 Å². The Hall–Kier alpha value is -2.08. The van der Waals surface area contributed by atoms with E-state index < -0.39 is 18.5 Å². The Bertz CT molecular complexity index is 436. The molecule has 1 rings (SSSR count). The van der Waals surface area contributed by atoms with Gasteiger partial charge in [-0.2, -0.15) is 0 Å². The molecule has 1 aromatic rings. The molecule has 0 bridgehead atoms. The molecule has 0 aliphatic carbocycles. The van der Waals surface area contributed by atoms with E-state index in [1.165, 1.54) is 4.90 Å². The lowest BCUT2D eigenvalue weighted by atomic mass is 10.3. The van der Waals surface area contributed by atoms with Crippen LogP contribution in [-0.4, -0.2) is 42.9 Å². The summed E-state index contributed by atoms with van der Waals surface area (Å²) >= 11 is 0. The predicted octanol–water partition coefficient (Wildman–Crippen LogP) is 1.71. The third-order valence-electron chi connectivity index (χ3n) is 2.60. The number of anilines is 1. The lowest BCUT2D eigenvalue weighted by Gasteiger charge is -2.22. The van der Waals surface area contributed by atoms with E-state index in [-0.39, 0.29) is 6.10 Å². The molecule has 1 aromatic carbocycles. The Morgan fingerprint density at radius 3 is 2.55 bits per heavy atom. The number of carbonyl (C=O) groups excluding carboxylic acids is 1. The molecule has 0 saturated heterocycles. The van der Waals surface area contributed by atoms with E-state index in [4.69, 9.17) is 9.84 Å². The summed E-state index contributed by atoms with van der Waals surface area (Å²) in [4.78, 5) is 24.1. The molecule has 2 N–H and O–H groups in total. The van der Waals surface area contributed by atoms with Gasteiger partial charge in [0, 0.05) is 18.8 Å². The number of hydrogen-bond acceptors (Lipinski definition) is 3. The minimum Gasteiger partial charge on any atom is -0.480 e. The van der Waals surface area contributed by atoms with Crippen molar-refractivity contribution >= 4 is 17.7 Å². The monoisotopic (exact) mass is 280 g/mol. The maximum absolute atomic E-state index is 12.1. The highest BCUT2D eigenvalue weighted by Crippen LogP contribution is 2.13. The van der Waals surface area contributed by atoms with Crippen LogP contribution in [0.15, 0.2) is 30.3 Å². The standard InChI is InChI=1S/C14H20N2O4/c1-3-20-11(2)9-15-14(19)16(10-13(17)18)12-7-5-4-6-8-12/h4-8,11H,3,9-10H2,1-2H3,(H,15,19)(H,17,18). The second-order valence-corrected chi connectivity index (χ2v) is 4.27. The summed E-state index contributed by atoms with van der Waals surface area (Å²) in [6.07, 6.45) is -0.119. The highest BCUT2D eigenvalue weighted by Gasteiger charge is 2.18. The molecular formula is C14H20N2O4. The zero-order valence-electron chi connectivity index (χ0n) is 11.7. The zero-order chi connectivity index (χ0) is 15.0. The van der Waals surface area contributed by atoms with Crippen LogP contribution in [0.4, 0.5) is 10.5 Å². The minimum absolute atomic E-state index is 0.119. The molecule has 6 nitrogen and oxygen atoms in total. The quantitative estimate of drug-likeness (QED) is 0.797. The number of benzene rings is 1. The van der Waals surface area contributed by atoms with Crippen molar-refractivity contribution in [3.05, 3.63) is 30.3 Å². The van der Waals surface area contributed by atoms with Crippen molar-refractivity contribution in [2.45, 2.75) is 20.0 Å². The van der Waals surface area contributed by atoms with Gasteiger partial charge in [0.2, 0.25) is 0 Å². The normalized spacial score (nSPS) is 11.7. The van der Waals surface area contributed by atoms with Crippen molar-refractivity contribution in [1.82, 2.24) is 5.32 Å². The van der Waals surface area contributed by atoms with Crippen LogP contribution in [0.1, 0.15) is 13.8 Å². The van der Waals surface area contributed by atoms with E-state index in [0.29, 0.717) is 18.8 Å². The number of nitrogens with one attached hydrogen (secondary N) is 1. The first-order chi connectivity index (χ1) is 9.54. The molecule has 0 spiro atoms. The number of carboxylic acid groups (broad SMARTS) is 1. The highest BCUT2D eigenvalue weighted by molar-refractivity contribution is 5.96. The number of rotatable bonds is 7. The van der Waals surface area contributed by atoms with Crippen molar-refractivity contribution in [1.29, 1.82) is 0 Å². The molecule has 1 unspecified atom stereocenters. The number of para-hydroxylation sites is 1. The maximum atomic E-state index is 12.1. The van der Waals surface area contributed by atoms with Crippen LogP contribution in [0.25, 0.3) is 0 Å². The molecule has 0 saturated carbocycles. The van der Waals surface area contributed by atoms with E-state index in [1.54, 1.807) is 30.3 Å². The summed E-state index contributed by atoms with van der Waals surface area (Å²) in [6, 6.07) is 8.23. The smallest absolute Gasteiger partial charge is 0.323 e. The molecule has 1 atom stereocenters. The Morgan fingerprint density at radius 2 is 2.00 bits per heavy atom. The molecule has 0 heterocycles. The van der Waals surface area contributed by atoms with Crippen molar-refractivity contribution < 1.29 is 19.4 Å². The summed E-state index contributed by atoms with van der Waals surface area (Å²) in [5.74, 6) is -1.07. The predicted molar refractivity (Wildman–Crippen MR) is 75.9 cm³/mol. The van der Waals surface area contributed by atoms with E-state index >= 15 is 0 Å². The van der Waals surface area contributed by atoms with Crippen LogP contribution in [0, 0.1) is 0 Å². The molecular weight excluding hydrogens is 260 g/mol. The first kappa shape index (κ1) is 16.0. The topological polar surface area (TPSA) is 78.9 Å². The second-order valence-electron chi connectivity index (χ2n) is 4.27. The number of carbonyl (C=O) groups is 2. The number of carboxylic acids is 1. The first-order valence-electron chi connectivity index (χ1n) is 6.48. The van der Waals surface area contributed by atoms with Crippen molar-refractivity contribution in [3.8, 4) is 0 Å². The summed E-state index contributed by atoms with van der Waals surface area (Å²) in [5.41, 5.74) is 0.538. The molecule has 0 aromatic heterocycles. The Balaban J connectivity index is 2.68. The number of aliphatic carboxylic acids is 1. The Kier molecular flexibility index (Phi) is 6.52. The van der Waals surface area contributed by atoms with Crippen LogP contribution >= 0.6 is 0 Å². The molecule has 0 aliphatic heterocycles. The average molecular weight is 280 g/mol. The van der Waals surface area contributed by atoms with E-state index in [1.807, 2.05) is 13.8 Å². The van der Waals surface area contributed by atoms with Gasteiger partial charge in [-0.05, 0) is 26.0 Å². The largest absolute Gasteiger partial charge is 0.480 e. The van der Waals surface area contributed by atoms with Gasteiger partial charge in [-0.1, -0.05) is 18.2 Å². The van der Waals surface area contributed by atoms with Crippen molar-refractivity contribution in [3.63, 3.8) is 0 Å². The fraction of sp³-hybridized carbons (Fsp3) is 0.429. The van der Waals surface area contributed by atoms with Gasteiger partial charge in [-0.15, -0.1) is 0 Å². The van der Waals surface area contributed by atoms with Gasteiger partial charge in [-0.3, -0.25) is 9.69 Å². The van der Waals surface area contributed by atoms with Gasteiger partial charge in [0.25, 0.3) is 0 Å². The average Bonchev–Trinajstić information content (AvgIpc) is 2.43. The number of hydrogen-bond donors (Lipinski definition) is 2. The lowest BCUT2D eigenvalue weighted by molar-refractivity contribution is -0.135. The first-order valence-corrected chi connectivity index (χ1v) is 6.48. The van der Waals surface area contributed by atoms with Gasteiger partial charge in [0.15, 0.2) is 0 Å². The molecule has 2 amide bonds. The zero-order valence-corrected chi connectivity index (χ0v) is 11.7. The van der Waals surface area contributed by atoms with Gasteiger partial charge < -0.3 is 15.2 Å². The van der Waals surface area contributed by atoms with Gasteiger partial charge in [0.05, 0.1) is 6.10 Å². The van der Waals surface area contributed by atoms with Gasteiger partial charge in [0.1, 0.15) is 6.54 Å². The lowest BCUT2D eigenvalue weighted by Crippen LogP contribution is -2.45. The summed E-state index contributed by atoms with van der Waals surface area (Å²) < 4.78 is 5.31. The van der Waals surface area contributed by atoms with Gasteiger partial charge >= 0.3 is 12.0 Å². The fourth-order valence-electron chi connectivity index (χ4n) is 1.69. The number of amides is 2. The van der Waals surface area contributed by atoms with Crippen LogP contribution in [0.2, 0.25) is 0 Å². The second kappa shape index (κ2) is 8.16. The number of urea groups is 1. The van der Waals surface area contributed by atoms with Crippen LogP contribution < -0.4 is 10.2 Å².